The first-order valence-electron chi connectivity index (χ1n) is 3.44. The maximum absolute atomic E-state index is 9.80. The van der Waals surface area contributed by atoms with Crippen LogP contribution in [0.4, 0.5) is 0 Å². The van der Waals surface area contributed by atoms with Crippen molar-refractivity contribution in [2.24, 2.45) is 0 Å². The molecular weight excluding hydrogens is 128 g/mol. The number of hydrogen-bond acceptors (Lipinski definition) is 2. The SMILES string of the molecule is O=CCCC=CCCC=O. The van der Waals surface area contributed by atoms with Gasteiger partial charge in [0.2, 0.25) is 0 Å². The summed E-state index contributed by atoms with van der Waals surface area (Å²) in [7, 11) is 0. The number of carbonyl (C=O) groups excluding carboxylic acids is 2. The van der Waals surface area contributed by atoms with E-state index in [0.717, 1.165) is 25.4 Å². The summed E-state index contributed by atoms with van der Waals surface area (Å²) in [5, 5.41) is 0. The van der Waals surface area contributed by atoms with Crippen LogP contribution < -0.4 is 0 Å². The molecule has 0 aromatic rings. The van der Waals surface area contributed by atoms with Crippen molar-refractivity contribution in [2.45, 2.75) is 25.7 Å². The molecule has 0 atom stereocenters. The first kappa shape index (κ1) is 9.08. The van der Waals surface area contributed by atoms with Gasteiger partial charge in [-0.25, -0.2) is 0 Å². The fourth-order valence-electron chi connectivity index (χ4n) is 0.564. The van der Waals surface area contributed by atoms with Crippen LogP contribution in [0.15, 0.2) is 12.2 Å². The Kier molecular flexibility index (Phi) is 7.34. The molecule has 0 unspecified atom stereocenters. The van der Waals surface area contributed by atoms with Crippen molar-refractivity contribution >= 4 is 12.6 Å². The van der Waals surface area contributed by atoms with Gasteiger partial charge in [-0.3, -0.25) is 0 Å². The van der Waals surface area contributed by atoms with Gasteiger partial charge in [-0.05, 0) is 12.8 Å². The third kappa shape index (κ3) is 7.08. The van der Waals surface area contributed by atoms with E-state index in [9.17, 15) is 9.59 Å². The minimum absolute atomic E-state index is 0.581. The lowest BCUT2D eigenvalue weighted by Crippen LogP contribution is -1.72. The van der Waals surface area contributed by atoms with Crippen LogP contribution in [-0.2, 0) is 9.59 Å². The van der Waals surface area contributed by atoms with Crippen molar-refractivity contribution in [3.63, 3.8) is 0 Å². The first-order chi connectivity index (χ1) is 4.91. The Morgan fingerprint density at radius 3 is 1.40 bits per heavy atom. The number of carbonyl (C=O) groups is 2. The second kappa shape index (κ2) is 8.08. The van der Waals surface area contributed by atoms with E-state index in [-0.39, 0.29) is 0 Å². The average molecular weight is 140 g/mol. The molecule has 10 heavy (non-hydrogen) atoms. The van der Waals surface area contributed by atoms with E-state index in [1.807, 2.05) is 12.2 Å². The van der Waals surface area contributed by atoms with Crippen LogP contribution in [-0.4, -0.2) is 12.6 Å². The van der Waals surface area contributed by atoms with Gasteiger partial charge >= 0.3 is 0 Å². The number of allylic oxidation sites excluding steroid dienone is 2. The quantitative estimate of drug-likeness (QED) is 0.318. The molecule has 0 bridgehead atoms. The molecule has 2 heteroatoms. The van der Waals surface area contributed by atoms with Gasteiger partial charge in [0.1, 0.15) is 12.6 Å². The molecule has 0 aromatic carbocycles. The molecule has 0 N–H and O–H groups in total. The van der Waals surface area contributed by atoms with Gasteiger partial charge in [0.15, 0.2) is 0 Å². The molecule has 0 amide bonds. The van der Waals surface area contributed by atoms with Crippen molar-refractivity contribution in [3.8, 4) is 0 Å². The Balaban J connectivity index is 3.03. The molecule has 2 nitrogen and oxygen atoms in total. The maximum atomic E-state index is 9.80. The van der Waals surface area contributed by atoms with Crippen LogP contribution in [0, 0.1) is 0 Å². The molecular formula is C8H12O2. The second-order valence-corrected chi connectivity index (χ2v) is 1.96. The van der Waals surface area contributed by atoms with Crippen LogP contribution in [0.2, 0.25) is 0 Å². The van der Waals surface area contributed by atoms with E-state index in [1.165, 1.54) is 0 Å². The standard InChI is InChI=1S/C8H12O2/c9-7-5-3-1-2-4-6-8-10/h1-2,7-8H,3-6H2. The summed E-state index contributed by atoms with van der Waals surface area (Å²) in [6, 6.07) is 0. The van der Waals surface area contributed by atoms with E-state index in [2.05, 4.69) is 0 Å². The highest BCUT2D eigenvalue weighted by Crippen LogP contribution is 1.91. The lowest BCUT2D eigenvalue weighted by Gasteiger charge is -1.82. The van der Waals surface area contributed by atoms with Crippen molar-refractivity contribution in [3.05, 3.63) is 12.2 Å². The molecule has 0 aromatic heterocycles. The summed E-state index contributed by atoms with van der Waals surface area (Å²) < 4.78 is 0. The Labute approximate surface area is 60.9 Å². The minimum atomic E-state index is 0.581. The molecule has 0 aliphatic heterocycles. The van der Waals surface area contributed by atoms with Gasteiger partial charge in [-0.2, -0.15) is 0 Å². The van der Waals surface area contributed by atoms with Gasteiger partial charge in [-0.15, -0.1) is 0 Å². The molecule has 0 fully saturated rings. The van der Waals surface area contributed by atoms with Crippen molar-refractivity contribution < 1.29 is 9.59 Å². The fourth-order valence-corrected chi connectivity index (χ4v) is 0.564. The number of aldehydes is 2. The van der Waals surface area contributed by atoms with E-state index >= 15 is 0 Å². The zero-order valence-electron chi connectivity index (χ0n) is 5.95. The van der Waals surface area contributed by atoms with E-state index in [1.54, 1.807) is 0 Å². The molecule has 56 valence electrons. The molecule has 0 rings (SSSR count). The number of unbranched alkanes of at least 4 members (excludes halogenated alkanes) is 2. The lowest BCUT2D eigenvalue weighted by atomic mass is 10.2. The first-order valence-corrected chi connectivity index (χ1v) is 3.44. The highest BCUT2D eigenvalue weighted by molar-refractivity contribution is 5.50. The lowest BCUT2D eigenvalue weighted by molar-refractivity contribution is -0.108. The number of rotatable bonds is 6. The highest BCUT2D eigenvalue weighted by Gasteiger charge is 1.78. The van der Waals surface area contributed by atoms with Gasteiger partial charge in [-0.1, -0.05) is 12.2 Å². The molecule has 0 aliphatic rings. The topological polar surface area (TPSA) is 34.1 Å². The zero-order chi connectivity index (χ0) is 7.66. The average Bonchev–Trinajstić information content (AvgIpc) is 1.97. The van der Waals surface area contributed by atoms with E-state index < -0.39 is 0 Å². The third-order valence-electron chi connectivity index (χ3n) is 1.07. The summed E-state index contributed by atoms with van der Waals surface area (Å²) in [5.41, 5.74) is 0. The van der Waals surface area contributed by atoms with Crippen LogP contribution in [0.3, 0.4) is 0 Å². The summed E-state index contributed by atoms with van der Waals surface area (Å²) in [4.78, 5) is 19.6. The van der Waals surface area contributed by atoms with Crippen molar-refractivity contribution in [2.75, 3.05) is 0 Å². The minimum Gasteiger partial charge on any atom is -0.303 e. The normalized spacial score (nSPS) is 10.0. The summed E-state index contributed by atoms with van der Waals surface area (Å²) in [6.07, 6.45) is 8.39. The second-order valence-electron chi connectivity index (χ2n) is 1.96. The smallest absolute Gasteiger partial charge is 0.120 e. The Morgan fingerprint density at radius 2 is 1.10 bits per heavy atom. The van der Waals surface area contributed by atoms with E-state index in [0.29, 0.717) is 12.8 Å². The van der Waals surface area contributed by atoms with Gasteiger partial charge in [0.25, 0.3) is 0 Å². The van der Waals surface area contributed by atoms with Crippen LogP contribution in [0.25, 0.3) is 0 Å². The summed E-state index contributed by atoms with van der Waals surface area (Å²) in [6.45, 7) is 0. The van der Waals surface area contributed by atoms with Crippen LogP contribution >= 0.6 is 0 Å². The predicted octanol–water partition coefficient (Wildman–Crippen LogP) is 1.50. The third-order valence-corrected chi connectivity index (χ3v) is 1.07. The molecule has 0 aliphatic carbocycles. The Bertz CT molecular complexity index is 102. The zero-order valence-corrected chi connectivity index (χ0v) is 5.95. The molecule has 0 radical (unpaired) electrons. The largest absolute Gasteiger partial charge is 0.303 e. The summed E-state index contributed by atoms with van der Waals surface area (Å²) >= 11 is 0. The molecule has 0 saturated carbocycles. The van der Waals surface area contributed by atoms with Gasteiger partial charge < -0.3 is 9.59 Å². The predicted molar refractivity (Wildman–Crippen MR) is 39.7 cm³/mol. The molecule has 0 heterocycles. The Hall–Kier alpha value is -0.920. The van der Waals surface area contributed by atoms with Crippen molar-refractivity contribution in [1.82, 2.24) is 0 Å². The number of hydrogen-bond donors (Lipinski definition) is 0. The Morgan fingerprint density at radius 1 is 0.700 bits per heavy atom. The molecule has 0 spiro atoms. The van der Waals surface area contributed by atoms with Crippen molar-refractivity contribution in [1.29, 1.82) is 0 Å². The monoisotopic (exact) mass is 140 g/mol. The maximum Gasteiger partial charge on any atom is 0.120 e. The van der Waals surface area contributed by atoms with Crippen LogP contribution in [0.1, 0.15) is 25.7 Å². The van der Waals surface area contributed by atoms with Crippen LogP contribution in [0.5, 0.6) is 0 Å². The van der Waals surface area contributed by atoms with Gasteiger partial charge in [0.05, 0.1) is 0 Å². The molecule has 0 saturated heterocycles. The highest BCUT2D eigenvalue weighted by atomic mass is 16.1. The summed E-state index contributed by atoms with van der Waals surface area (Å²) in [5.74, 6) is 0. The fraction of sp³-hybridized carbons (Fsp3) is 0.500. The van der Waals surface area contributed by atoms with Gasteiger partial charge in [0, 0.05) is 12.8 Å². The van der Waals surface area contributed by atoms with E-state index in [4.69, 9.17) is 0 Å².